The van der Waals surface area contributed by atoms with Crippen molar-refractivity contribution in [2.45, 2.75) is 25.0 Å². The van der Waals surface area contributed by atoms with Crippen LogP contribution in [0.15, 0.2) is 42.7 Å². The quantitative estimate of drug-likeness (QED) is 0.453. The van der Waals surface area contributed by atoms with Crippen molar-refractivity contribution in [3.05, 3.63) is 75.3 Å². The van der Waals surface area contributed by atoms with Gasteiger partial charge in [-0.25, -0.2) is 9.18 Å². The summed E-state index contributed by atoms with van der Waals surface area (Å²) in [5.41, 5.74) is 1.35. The Morgan fingerprint density at radius 3 is 2.81 bits per heavy atom. The summed E-state index contributed by atoms with van der Waals surface area (Å²) in [6, 6.07) is 8.47. The molecule has 0 bridgehead atoms. The van der Waals surface area contributed by atoms with Crippen molar-refractivity contribution in [2.24, 2.45) is 0 Å². The van der Waals surface area contributed by atoms with Gasteiger partial charge in [0.2, 0.25) is 0 Å². The SMILES string of the molecule is CN1CCC[C@@]2(C1)OC(=O)Nc1ccc(Cl)c(F)c12.COc1ccc(Cl)cc1Cn1cc(C=O)cn1. The first-order valence-corrected chi connectivity index (χ1v) is 12.0. The first-order valence-electron chi connectivity index (χ1n) is 11.2. The molecule has 1 spiro atoms. The number of likely N-dealkylation sites (N-methyl/N-ethyl adjacent to an activating group) is 1. The van der Waals surface area contributed by atoms with Crippen LogP contribution in [0.1, 0.15) is 34.3 Å². The van der Waals surface area contributed by atoms with Crippen LogP contribution < -0.4 is 10.1 Å². The maximum Gasteiger partial charge on any atom is 0.412 e. The summed E-state index contributed by atoms with van der Waals surface area (Å²) in [5, 5.41) is 7.30. The molecule has 0 unspecified atom stereocenters. The van der Waals surface area contributed by atoms with Crippen LogP contribution in [0.4, 0.5) is 14.9 Å². The van der Waals surface area contributed by atoms with E-state index in [1.54, 1.807) is 30.1 Å². The summed E-state index contributed by atoms with van der Waals surface area (Å²) in [5.74, 6) is 0.243. The summed E-state index contributed by atoms with van der Waals surface area (Å²) in [4.78, 5) is 24.3. The maximum atomic E-state index is 14.4. The highest BCUT2D eigenvalue weighted by atomic mass is 35.5. The first-order chi connectivity index (χ1) is 17.2. The zero-order valence-electron chi connectivity index (χ0n) is 19.8. The molecule has 0 aliphatic carbocycles. The Balaban J connectivity index is 0.000000170. The van der Waals surface area contributed by atoms with Crippen LogP contribution in [0.2, 0.25) is 10.0 Å². The van der Waals surface area contributed by atoms with Gasteiger partial charge in [-0.1, -0.05) is 23.2 Å². The van der Waals surface area contributed by atoms with E-state index in [-0.39, 0.29) is 5.02 Å². The first kappa shape index (κ1) is 25.9. The average molecular weight is 535 g/mol. The minimum Gasteiger partial charge on any atom is -0.496 e. The van der Waals surface area contributed by atoms with Gasteiger partial charge >= 0.3 is 6.09 Å². The minimum absolute atomic E-state index is 0.0473. The number of aromatic nitrogens is 2. The second-order valence-electron chi connectivity index (χ2n) is 8.68. The number of methoxy groups -OCH3 is 1. The van der Waals surface area contributed by atoms with Crippen LogP contribution in [0.3, 0.4) is 0 Å². The predicted molar refractivity (Wildman–Crippen MR) is 135 cm³/mol. The number of benzene rings is 2. The van der Waals surface area contributed by atoms with Crippen molar-refractivity contribution >= 4 is 41.3 Å². The topological polar surface area (TPSA) is 85.7 Å². The van der Waals surface area contributed by atoms with E-state index in [9.17, 15) is 14.0 Å². The number of aldehydes is 1. The number of halogens is 3. The van der Waals surface area contributed by atoms with E-state index in [4.69, 9.17) is 32.7 Å². The second-order valence-corrected chi connectivity index (χ2v) is 9.52. The number of hydrogen-bond acceptors (Lipinski definition) is 6. The molecule has 1 aromatic heterocycles. The average Bonchev–Trinajstić information content (AvgIpc) is 3.29. The van der Waals surface area contributed by atoms with Gasteiger partial charge in [-0.3, -0.25) is 14.8 Å². The van der Waals surface area contributed by atoms with E-state index < -0.39 is 17.5 Å². The van der Waals surface area contributed by atoms with Crippen molar-refractivity contribution in [3.63, 3.8) is 0 Å². The summed E-state index contributed by atoms with van der Waals surface area (Å²) < 4.78 is 26.7. The van der Waals surface area contributed by atoms with Crippen LogP contribution in [0, 0.1) is 5.82 Å². The number of ether oxygens (including phenoxy) is 2. The number of amides is 1. The number of hydrogen-bond donors (Lipinski definition) is 1. The number of anilines is 1. The molecule has 0 saturated carbocycles. The maximum absolute atomic E-state index is 14.4. The standard InChI is InChI=1S/C13H14ClFN2O2.C12H11ClN2O2/c1-17-6-2-5-13(7-17)10-9(16-12(18)19-13)4-3-8(14)11(10)15;1-17-12-3-2-11(13)4-10(12)7-15-6-9(8-16)5-14-15/h3-4H,2,5-7H2,1H3,(H,16,18);2-6,8H,7H2,1H3/t13-;/m0./s1. The number of likely N-dealkylation sites (tertiary alicyclic amines) is 1. The molecule has 11 heteroatoms. The fraction of sp³-hybridized carbons (Fsp3) is 0.320. The van der Waals surface area contributed by atoms with Crippen LogP contribution in [-0.4, -0.2) is 54.3 Å². The van der Waals surface area contributed by atoms with Crippen LogP contribution >= 0.6 is 23.2 Å². The second kappa shape index (κ2) is 10.9. The Bertz CT molecular complexity index is 1280. The van der Waals surface area contributed by atoms with E-state index in [2.05, 4.69) is 10.4 Å². The van der Waals surface area contributed by atoms with Crippen molar-refractivity contribution in [1.82, 2.24) is 14.7 Å². The predicted octanol–water partition coefficient (Wildman–Crippen LogP) is 5.37. The summed E-state index contributed by atoms with van der Waals surface area (Å²) in [6.45, 7) is 1.90. The number of nitrogens with zero attached hydrogens (tertiary/aromatic N) is 3. The highest BCUT2D eigenvalue weighted by molar-refractivity contribution is 6.31. The van der Waals surface area contributed by atoms with Crippen LogP contribution in [-0.2, 0) is 16.9 Å². The molecule has 36 heavy (non-hydrogen) atoms. The Kier molecular flexibility index (Phi) is 7.82. The molecule has 2 aliphatic rings. The van der Waals surface area contributed by atoms with E-state index >= 15 is 0 Å². The van der Waals surface area contributed by atoms with Crippen molar-refractivity contribution in [2.75, 3.05) is 32.6 Å². The molecular formula is C25H25Cl2FN4O4. The summed E-state index contributed by atoms with van der Waals surface area (Å²) >= 11 is 11.8. The third kappa shape index (κ3) is 5.48. The van der Waals surface area contributed by atoms with Gasteiger partial charge in [0.25, 0.3) is 0 Å². The molecule has 1 atom stereocenters. The number of carbonyl (C=O) groups is 2. The molecular weight excluding hydrogens is 510 g/mol. The van der Waals surface area contributed by atoms with E-state index in [0.717, 1.165) is 30.6 Å². The van der Waals surface area contributed by atoms with Crippen molar-refractivity contribution in [1.29, 1.82) is 0 Å². The molecule has 0 radical (unpaired) electrons. The molecule has 1 saturated heterocycles. The van der Waals surface area contributed by atoms with E-state index in [1.807, 2.05) is 24.1 Å². The van der Waals surface area contributed by atoms with Gasteiger partial charge in [0.1, 0.15) is 5.75 Å². The number of fused-ring (bicyclic) bond motifs is 2. The number of nitrogens with one attached hydrogen (secondary N) is 1. The minimum atomic E-state index is -0.931. The van der Waals surface area contributed by atoms with E-state index in [0.29, 0.717) is 41.3 Å². The molecule has 1 fully saturated rings. The summed E-state index contributed by atoms with van der Waals surface area (Å²) in [6.07, 6.45) is 4.87. The molecule has 1 amide bonds. The Morgan fingerprint density at radius 1 is 1.31 bits per heavy atom. The van der Waals surface area contributed by atoms with Crippen LogP contribution in [0.5, 0.6) is 5.75 Å². The smallest absolute Gasteiger partial charge is 0.412 e. The van der Waals surface area contributed by atoms with E-state index in [1.165, 1.54) is 12.3 Å². The number of carbonyl (C=O) groups excluding carboxylic acids is 2. The lowest BCUT2D eigenvalue weighted by molar-refractivity contribution is -0.0418. The van der Waals surface area contributed by atoms with Gasteiger partial charge in [0.15, 0.2) is 17.7 Å². The van der Waals surface area contributed by atoms with Gasteiger partial charge in [-0.05, 0) is 56.8 Å². The highest BCUT2D eigenvalue weighted by Crippen LogP contribution is 2.44. The summed E-state index contributed by atoms with van der Waals surface area (Å²) in [7, 11) is 3.53. The lowest BCUT2D eigenvalue weighted by atomic mass is 9.83. The fourth-order valence-corrected chi connectivity index (χ4v) is 4.90. The molecule has 1 N–H and O–H groups in total. The zero-order valence-corrected chi connectivity index (χ0v) is 21.3. The Morgan fingerprint density at radius 2 is 2.11 bits per heavy atom. The highest BCUT2D eigenvalue weighted by Gasteiger charge is 2.46. The third-order valence-corrected chi connectivity index (χ3v) is 6.61. The molecule has 2 aliphatic heterocycles. The van der Waals surface area contributed by atoms with Gasteiger partial charge in [-0.15, -0.1) is 0 Å². The zero-order chi connectivity index (χ0) is 25.9. The van der Waals surface area contributed by atoms with Crippen LogP contribution in [0.25, 0.3) is 0 Å². The van der Waals surface area contributed by atoms with Gasteiger partial charge < -0.3 is 14.4 Å². The number of rotatable bonds is 4. The molecule has 190 valence electrons. The Hall–Kier alpha value is -3.14. The van der Waals surface area contributed by atoms with Gasteiger partial charge in [0.05, 0.1) is 41.7 Å². The van der Waals surface area contributed by atoms with Gasteiger partial charge in [0, 0.05) is 23.3 Å². The van der Waals surface area contributed by atoms with Gasteiger partial charge in [-0.2, -0.15) is 5.10 Å². The van der Waals surface area contributed by atoms with Crippen molar-refractivity contribution in [3.8, 4) is 5.75 Å². The Labute approximate surface area is 217 Å². The lowest BCUT2D eigenvalue weighted by Crippen LogP contribution is -2.51. The van der Waals surface area contributed by atoms with Crippen molar-refractivity contribution < 1.29 is 23.5 Å². The largest absolute Gasteiger partial charge is 0.496 e. The molecule has 5 rings (SSSR count). The molecule has 2 aromatic carbocycles. The molecule has 3 aromatic rings. The third-order valence-electron chi connectivity index (χ3n) is 6.09. The number of piperidine rings is 1. The monoisotopic (exact) mass is 534 g/mol. The molecule has 8 nitrogen and oxygen atoms in total. The molecule has 3 heterocycles. The fourth-order valence-electron chi connectivity index (χ4n) is 4.55. The normalized spacial score (nSPS) is 19.0. The lowest BCUT2D eigenvalue weighted by Gasteiger charge is -2.44.